The molecule has 1 aromatic rings. The maximum absolute atomic E-state index is 11.1. The first kappa shape index (κ1) is 6.26. The molecule has 0 unspecified atom stereocenters. The van der Waals surface area contributed by atoms with Crippen molar-refractivity contribution in [2.45, 2.75) is 12.8 Å². The summed E-state index contributed by atoms with van der Waals surface area (Å²) in [7, 11) is 0. The van der Waals surface area contributed by atoms with Gasteiger partial charge in [0.25, 0.3) is 5.95 Å². The number of hydrogen-bond donors (Lipinski definition) is 1. The highest BCUT2D eigenvalue weighted by atomic mass is 16.2. The van der Waals surface area contributed by atoms with Gasteiger partial charge in [-0.15, -0.1) is 5.10 Å². The first-order chi connectivity index (χ1) is 5.38. The second-order valence-electron chi connectivity index (χ2n) is 2.36. The molecule has 0 saturated carbocycles. The van der Waals surface area contributed by atoms with Crippen molar-refractivity contribution in [3.05, 3.63) is 0 Å². The number of H-pyrrole nitrogens is 1. The molecule has 11 heavy (non-hydrogen) atoms. The summed E-state index contributed by atoms with van der Waals surface area (Å²) in [6.07, 6.45) is 1.47. The summed E-state index contributed by atoms with van der Waals surface area (Å²) in [5.74, 6) is 0.457. The molecule has 0 radical (unpaired) electrons. The van der Waals surface area contributed by atoms with Gasteiger partial charge in [-0.2, -0.15) is 5.21 Å². The lowest BCUT2D eigenvalue weighted by Gasteiger charge is -2.07. The second kappa shape index (κ2) is 2.30. The van der Waals surface area contributed by atoms with Gasteiger partial charge in [0.2, 0.25) is 5.91 Å². The number of hydrogen-bond acceptors (Lipinski definition) is 4. The van der Waals surface area contributed by atoms with Crippen molar-refractivity contribution in [3.63, 3.8) is 0 Å². The second-order valence-corrected chi connectivity index (χ2v) is 2.36. The zero-order valence-electron chi connectivity index (χ0n) is 5.82. The maximum atomic E-state index is 11.1. The minimum Gasteiger partial charge on any atom is -0.278 e. The molecule has 0 spiro atoms. The van der Waals surface area contributed by atoms with Crippen LogP contribution in [0.3, 0.4) is 0 Å². The monoisotopic (exact) mass is 153 g/mol. The molecular formula is C5H7N5O. The zero-order valence-corrected chi connectivity index (χ0v) is 5.82. The highest BCUT2D eigenvalue weighted by molar-refractivity contribution is 5.93. The fourth-order valence-corrected chi connectivity index (χ4v) is 1.13. The first-order valence-corrected chi connectivity index (χ1v) is 3.42. The third-order valence-corrected chi connectivity index (χ3v) is 1.65. The molecule has 1 N–H and O–H groups in total. The van der Waals surface area contributed by atoms with E-state index in [4.69, 9.17) is 0 Å². The molecule has 0 bridgehead atoms. The third-order valence-electron chi connectivity index (χ3n) is 1.65. The quantitative estimate of drug-likeness (QED) is 0.580. The van der Waals surface area contributed by atoms with Gasteiger partial charge in [0.15, 0.2) is 0 Å². The summed E-state index contributed by atoms with van der Waals surface area (Å²) in [5.41, 5.74) is 0. The Hall–Kier alpha value is -1.46. The summed E-state index contributed by atoms with van der Waals surface area (Å²) in [5, 5.41) is 13.1. The van der Waals surface area contributed by atoms with Gasteiger partial charge in [0.05, 0.1) is 0 Å². The molecule has 1 aliphatic rings. The predicted molar refractivity (Wildman–Crippen MR) is 35.8 cm³/mol. The number of aromatic nitrogens is 4. The van der Waals surface area contributed by atoms with Crippen molar-refractivity contribution in [3.8, 4) is 0 Å². The molecule has 6 nitrogen and oxygen atoms in total. The largest absolute Gasteiger partial charge is 0.278 e. The molecule has 1 aromatic heterocycles. The highest BCUT2D eigenvalue weighted by Crippen LogP contribution is 2.14. The maximum Gasteiger partial charge on any atom is 0.272 e. The standard InChI is InChI=1S/C5H7N5O/c11-4-2-1-3-10(4)5-6-8-9-7-5/h1-3H2,(H,6,7,8,9). The van der Waals surface area contributed by atoms with Crippen molar-refractivity contribution in [2.75, 3.05) is 11.4 Å². The van der Waals surface area contributed by atoms with Crippen LogP contribution in [0.15, 0.2) is 0 Å². The lowest BCUT2D eigenvalue weighted by molar-refractivity contribution is -0.117. The summed E-state index contributed by atoms with van der Waals surface area (Å²) < 4.78 is 0. The van der Waals surface area contributed by atoms with E-state index in [1.807, 2.05) is 0 Å². The van der Waals surface area contributed by atoms with Gasteiger partial charge in [-0.25, -0.2) is 0 Å². The fourth-order valence-electron chi connectivity index (χ4n) is 1.13. The molecule has 1 saturated heterocycles. The molecule has 0 aliphatic carbocycles. The van der Waals surface area contributed by atoms with E-state index in [0.29, 0.717) is 18.9 Å². The Labute approximate surface area is 62.6 Å². The Balaban J connectivity index is 2.23. The Kier molecular flexibility index (Phi) is 1.31. The van der Waals surface area contributed by atoms with E-state index < -0.39 is 0 Å². The molecular weight excluding hydrogens is 146 g/mol. The van der Waals surface area contributed by atoms with Crippen LogP contribution in [-0.4, -0.2) is 33.1 Å². The summed E-state index contributed by atoms with van der Waals surface area (Å²) in [6, 6.07) is 0. The number of carbonyl (C=O) groups excluding carboxylic acids is 1. The minimum absolute atomic E-state index is 0.0754. The van der Waals surface area contributed by atoms with Crippen LogP contribution < -0.4 is 4.90 Å². The summed E-state index contributed by atoms with van der Waals surface area (Å²) in [6.45, 7) is 0.707. The molecule has 1 amide bonds. The lowest BCUT2D eigenvalue weighted by atomic mass is 10.4. The molecule has 1 aliphatic heterocycles. The van der Waals surface area contributed by atoms with Crippen LogP contribution in [-0.2, 0) is 4.79 Å². The average Bonchev–Trinajstić information content (AvgIpc) is 2.55. The molecule has 1 fully saturated rings. The molecule has 2 rings (SSSR count). The van der Waals surface area contributed by atoms with Gasteiger partial charge in [0.1, 0.15) is 0 Å². The van der Waals surface area contributed by atoms with Crippen molar-refractivity contribution < 1.29 is 4.79 Å². The summed E-state index contributed by atoms with van der Waals surface area (Å²) in [4.78, 5) is 12.6. The van der Waals surface area contributed by atoms with E-state index in [1.54, 1.807) is 0 Å². The number of nitrogens with zero attached hydrogens (tertiary/aromatic N) is 4. The number of amides is 1. The molecule has 58 valence electrons. The average molecular weight is 153 g/mol. The van der Waals surface area contributed by atoms with Gasteiger partial charge < -0.3 is 0 Å². The van der Waals surface area contributed by atoms with Crippen LogP contribution in [0, 0.1) is 0 Å². The minimum atomic E-state index is 0.0754. The van der Waals surface area contributed by atoms with E-state index in [9.17, 15) is 4.79 Å². The molecule has 6 heteroatoms. The fraction of sp³-hybridized carbons (Fsp3) is 0.600. The number of nitrogens with one attached hydrogen (secondary N) is 1. The van der Waals surface area contributed by atoms with Crippen molar-refractivity contribution in [2.24, 2.45) is 0 Å². The Morgan fingerprint density at radius 2 is 2.45 bits per heavy atom. The van der Waals surface area contributed by atoms with Gasteiger partial charge in [-0.05, 0) is 11.6 Å². The van der Waals surface area contributed by atoms with Crippen LogP contribution in [0.5, 0.6) is 0 Å². The zero-order chi connectivity index (χ0) is 7.68. The van der Waals surface area contributed by atoms with Crippen LogP contribution in [0.1, 0.15) is 12.8 Å². The van der Waals surface area contributed by atoms with Crippen LogP contribution in [0.25, 0.3) is 0 Å². The number of rotatable bonds is 1. The molecule has 0 atom stereocenters. The van der Waals surface area contributed by atoms with E-state index in [-0.39, 0.29) is 5.91 Å². The highest BCUT2D eigenvalue weighted by Gasteiger charge is 2.24. The summed E-state index contributed by atoms with van der Waals surface area (Å²) >= 11 is 0. The van der Waals surface area contributed by atoms with Crippen LogP contribution in [0.2, 0.25) is 0 Å². The third kappa shape index (κ3) is 0.957. The molecule has 0 aromatic carbocycles. The van der Waals surface area contributed by atoms with E-state index in [0.717, 1.165) is 6.42 Å². The topological polar surface area (TPSA) is 74.8 Å². The number of tetrazole rings is 1. The Morgan fingerprint density at radius 3 is 3.00 bits per heavy atom. The van der Waals surface area contributed by atoms with Gasteiger partial charge >= 0.3 is 0 Å². The number of carbonyl (C=O) groups is 1. The van der Waals surface area contributed by atoms with E-state index in [2.05, 4.69) is 20.6 Å². The Bertz CT molecular complexity index is 256. The van der Waals surface area contributed by atoms with Crippen LogP contribution >= 0.6 is 0 Å². The smallest absolute Gasteiger partial charge is 0.272 e. The number of aromatic amines is 1. The van der Waals surface area contributed by atoms with Gasteiger partial charge in [0, 0.05) is 13.0 Å². The van der Waals surface area contributed by atoms with Crippen LogP contribution in [0.4, 0.5) is 5.95 Å². The number of anilines is 1. The lowest BCUT2D eigenvalue weighted by Crippen LogP contribution is -2.24. The van der Waals surface area contributed by atoms with Crippen molar-refractivity contribution in [1.29, 1.82) is 0 Å². The Morgan fingerprint density at radius 1 is 1.55 bits per heavy atom. The van der Waals surface area contributed by atoms with Crippen molar-refractivity contribution in [1.82, 2.24) is 20.6 Å². The normalized spacial score (nSPS) is 17.8. The predicted octanol–water partition coefficient (Wildman–Crippen LogP) is -0.674. The SMILES string of the molecule is O=C1CCCN1c1nn[nH]n1. The first-order valence-electron chi connectivity index (χ1n) is 3.42. The van der Waals surface area contributed by atoms with Gasteiger partial charge in [-0.3, -0.25) is 9.69 Å². The van der Waals surface area contributed by atoms with Gasteiger partial charge in [-0.1, -0.05) is 5.10 Å². The van der Waals surface area contributed by atoms with E-state index in [1.165, 1.54) is 4.90 Å². The van der Waals surface area contributed by atoms with Crippen molar-refractivity contribution >= 4 is 11.9 Å². The molecule has 2 heterocycles. The van der Waals surface area contributed by atoms with E-state index >= 15 is 0 Å².